The minimum atomic E-state index is 0.264. The average Bonchev–Trinajstić information content (AvgIpc) is 2.69. The zero-order valence-electron chi connectivity index (χ0n) is 7.64. The van der Waals surface area contributed by atoms with Gasteiger partial charge in [0, 0.05) is 12.6 Å². The first-order valence-electron chi connectivity index (χ1n) is 4.19. The van der Waals surface area contributed by atoms with Crippen molar-refractivity contribution in [2.75, 3.05) is 5.73 Å². The number of aromatic nitrogens is 4. The van der Waals surface area contributed by atoms with E-state index in [9.17, 15) is 0 Å². The molecule has 2 rings (SSSR count). The third kappa shape index (κ3) is 1.69. The van der Waals surface area contributed by atoms with Crippen LogP contribution in [0.15, 0.2) is 11.7 Å². The van der Waals surface area contributed by atoms with Crippen molar-refractivity contribution in [1.29, 1.82) is 0 Å². The Morgan fingerprint density at radius 3 is 2.86 bits per heavy atom. The maximum Gasteiger partial charge on any atom is 0.223 e. The van der Waals surface area contributed by atoms with Crippen LogP contribution >= 0.6 is 11.3 Å². The van der Waals surface area contributed by atoms with Crippen LogP contribution in [0.25, 0.3) is 10.7 Å². The highest BCUT2D eigenvalue weighted by atomic mass is 32.1. The Labute approximate surface area is 85.1 Å². The highest BCUT2D eigenvalue weighted by Crippen LogP contribution is 2.19. The average molecular weight is 207 g/mol. The Balaban J connectivity index is 2.48. The molecule has 0 unspecified atom stereocenters. The maximum absolute atomic E-state index is 5.56. The molecule has 0 bridgehead atoms. The van der Waals surface area contributed by atoms with Gasteiger partial charge in [0.15, 0.2) is 5.82 Å². The van der Waals surface area contributed by atoms with Gasteiger partial charge < -0.3 is 5.73 Å². The normalized spacial score (nSPS) is 10.4. The van der Waals surface area contributed by atoms with E-state index in [1.807, 2.05) is 6.92 Å². The summed E-state index contributed by atoms with van der Waals surface area (Å²) in [6.45, 7) is 1.98. The third-order valence-corrected chi connectivity index (χ3v) is 2.44. The standard InChI is InChI=1S/C8H9N5S/c1-2-6-11-7(13-8(9)12-6)5-3-10-4-14-5/h3-4H,2H2,1H3,(H2,9,11,12,13). The summed E-state index contributed by atoms with van der Waals surface area (Å²) in [7, 11) is 0. The minimum absolute atomic E-state index is 0.264. The zero-order chi connectivity index (χ0) is 9.97. The lowest BCUT2D eigenvalue weighted by Gasteiger charge is -2.00. The number of thiazole rings is 1. The lowest BCUT2D eigenvalue weighted by atomic mass is 10.4. The smallest absolute Gasteiger partial charge is 0.223 e. The van der Waals surface area contributed by atoms with Crippen molar-refractivity contribution < 1.29 is 0 Å². The van der Waals surface area contributed by atoms with Crippen molar-refractivity contribution >= 4 is 17.3 Å². The fourth-order valence-electron chi connectivity index (χ4n) is 1.03. The number of aryl methyl sites for hydroxylation is 1. The summed E-state index contributed by atoms with van der Waals surface area (Å²) in [6.07, 6.45) is 2.47. The molecule has 0 aliphatic rings. The van der Waals surface area contributed by atoms with Crippen molar-refractivity contribution in [3.05, 3.63) is 17.5 Å². The molecule has 5 nitrogen and oxygen atoms in total. The Bertz CT molecular complexity index is 425. The van der Waals surface area contributed by atoms with Gasteiger partial charge in [-0.15, -0.1) is 11.3 Å². The van der Waals surface area contributed by atoms with Gasteiger partial charge in [0.1, 0.15) is 5.82 Å². The van der Waals surface area contributed by atoms with Crippen molar-refractivity contribution in [3.63, 3.8) is 0 Å². The van der Waals surface area contributed by atoms with E-state index in [0.29, 0.717) is 11.6 Å². The van der Waals surface area contributed by atoms with Gasteiger partial charge in [-0.3, -0.25) is 4.98 Å². The first-order chi connectivity index (χ1) is 6.79. The molecule has 0 aliphatic heterocycles. The number of hydrogen-bond acceptors (Lipinski definition) is 6. The van der Waals surface area contributed by atoms with E-state index in [2.05, 4.69) is 19.9 Å². The van der Waals surface area contributed by atoms with Crippen molar-refractivity contribution in [1.82, 2.24) is 19.9 Å². The van der Waals surface area contributed by atoms with E-state index in [-0.39, 0.29) is 5.95 Å². The van der Waals surface area contributed by atoms with E-state index < -0.39 is 0 Å². The van der Waals surface area contributed by atoms with Crippen LogP contribution in [0.4, 0.5) is 5.95 Å². The summed E-state index contributed by atoms with van der Waals surface area (Å²) in [5, 5.41) is 0. The van der Waals surface area contributed by atoms with Gasteiger partial charge >= 0.3 is 0 Å². The van der Waals surface area contributed by atoms with Crippen molar-refractivity contribution in [2.24, 2.45) is 0 Å². The van der Waals surface area contributed by atoms with Crippen molar-refractivity contribution in [2.45, 2.75) is 13.3 Å². The fourth-order valence-corrected chi connectivity index (χ4v) is 1.59. The van der Waals surface area contributed by atoms with Gasteiger partial charge in [-0.05, 0) is 0 Å². The Morgan fingerprint density at radius 1 is 1.36 bits per heavy atom. The summed E-state index contributed by atoms with van der Waals surface area (Å²) < 4.78 is 0. The second kappa shape index (κ2) is 3.67. The topological polar surface area (TPSA) is 77.6 Å². The first-order valence-corrected chi connectivity index (χ1v) is 5.07. The number of rotatable bonds is 2. The highest BCUT2D eigenvalue weighted by Gasteiger charge is 2.06. The molecule has 0 radical (unpaired) electrons. The van der Waals surface area contributed by atoms with Crippen molar-refractivity contribution in [3.8, 4) is 10.7 Å². The lowest BCUT2D eigenvalue weighted by molar-refractivity contribution is 0.914. The number of hydrogen-bond donors (Lipinski definition) is 1. The van der Waals surface area contributed by atoms with Gasteiger partial charge in [0.25, 0.3) is 0 Å². The zero-order valence-corrected chi connectivity index (χ0v) is 8.45. The van der Waals surface area contributed by atoms with E-state index >= 15 is 0 Å². The molecule has 0 fully saturated rings. The Morgan fingerprint density at radius 2 is 2.21 bits per heavy atom. The monoisotopic (exact) mass is 207 g/mol. The molecule has 0 spiro atoms. The van der Waals surface area contributed by atoms with Crippen LogP contribution in [0.2, 0.25) is 0 Å². The summed E-state index contributed by atoms with van der Waals surface area (Å²) in [4.78, 5) is 17.2. The summed E-state index contributed by atoms with van der Waals surface area (Å²) in [5.41, 5.74) is 7.30. The first kappa shape index (κ1) is 9.01. The number of nitrogen functional groups attached to an aromatic ring is 1. The Hall–Kier alpha value is -1.56. The molecule has 0 aliphatic carbocycles. The summed E-state index contributed by atoms with van der Waals surface area (Å²) in [6, 6.07) is 0. The number of nitrogens with two attached hydrogens (primary N) is 1. The molecule has 14 heavy (non-hydrogen) atoms. The van der Waals surface area contributed by atoms with E-state index in [0.717, 1.165) is 11.3 Å². The quantitative estimate of drug-likeness (QED) is 0.799. The molecular weight excluding hydrogens is 198 g/mol. The molecule has 2 N–H and O–H groups in total. The van der Waals surface area contributed by atoms with Gasteiger partial charge in [0.2, 0.25) is 5.95 Å². The fraction of sp³-hybridized carbons (Fsp3) is 0.250. The van der Waals surface area contributed by atoms with Crippen LogP contribution in [-0.4, -0.2) is 19.9 Å². The van der Waals surface area contributed by atoms with Crippen LogP contribution < -0.4 is 5.73 Å². The summed E-state index contributed by atoms with van der Waals surface area (Å²) >= 11 is 1.48. The molecule has 0 atom stereocenters. The molecule has 0 amide bonds. The van der Waals surface area contributed by atoms with E-state index in [1.54, 1.807) is 11.7 Å². The predicted molar refractivity (Wildman–Crippen MR) is 54.7 cm³/mol. The van der Waals surface area contributed by atoms with Gasteiger partial charge in [-0.25, -0.2) is 4.98 Å². The van der Waals surface area contributed by atoms with Gasteiger partial charge in [0.05, 0.1) is 10.4 Å². The second-order valence-electron chi connectivity index (χ2n) is 2.65. The Kier molecular flexibility index (Phi) is 2.36. The van der Waals surface area contributed by atoms with Gasteiger partial charge in [-0.1, -0.05) is 6.92 Å². The second-order valence-corrected chi connectivity index (χ2v) is 3.54. The van der Waals surface area contributed by atoms with Gasteiger partial charge in [-0.2, -0.15) is 9.97 Å². The SMILES string of the molecule is CCc1nc(N)nc(-c2cncs2)n1. The predicted octanol–water partition coefficient (Wildman–Crippen LogP) is 1.14. The van der Waals surface area contributed by atoms with Crippen LogP contribution in [0, 0.1) is 0 Å². The van der Waals surface area contributed by atoms with E-state index in [4.69, 9.17) is 5.73 Å². The number of nitrogens with zero attached hydrogens (tertiary/aromatic N) is 4. The minimum Gasteiger partial charge on any atom is -0.368 e. The maximum atomic E-state index is 5.56. The molecule has 0 saturated carbocycles. The number of anilines is 1. The molecule has 2 heterocycles. The van der Waals surface area contributed by atoms with Crippen LogP contribution in [0.1, 0.15) is 12.7 Å². The molecule has 2 aromatic heterocycles. The molecule has 72 valence electrons. The molecule has 6 heteroatoms. The molecule has 0 aromatic carbocycles. The molecular formula is C8H9N5S. The van der Waals surface area contributed by atoms with Crippen LogP contribution in [0.5, 0.6) is 0 Å². The third-order valence-electron chi connectivity index (χ3n) is 1.67. The largest absolute Gasteiger partial charge is 0.368 e. The highest BCUT2D eigenvalue weighted by molar-refractivity contribution is 7.13. The summed E-state index contributed by atoms with van der Waals surface area (Å²) in [5.74, 6) is 1.58. The lowest BCUT2D eigenvalue weighted by Crippen LogP contribution is -2.03. The van der Waals surface area contributed by atoms with Crippen LogP contribution in [-0.2, 0) is 6.42 Å². The van der Waals surface area contributed by atoms with E-state index in [1.165, 1.54) is 11.3 Å². The van der Waals surface area contributed by atoms with Crippen LogP contribution in [0.3, 0.4) is 0 Å². The molecule has 2 aromatic rings. The molecule has 0 saturated heterocycles.